The van der Waals surface area contributed by atoms with Gasteiger partial charge in [-0.3, -0.25) is 18.9 Å². The molecule has 8 aromatic rings. The fourth-order valence-corrected chi connectivity index (χ4v) is 13.8. The lowest BCUT2D eigenvalue weighted by Gasteiger charge is -2.44. The fourth-order valence-electron chi connectivity index (χ4n) is 10.6. The number of fused-ring (bicyclic) bond motifs is 6. The highest BCUT2D eigenvalue weighted by Gasteiger charge is 2.46. The van der Waals surface area contributed by atoms with Gasteiger partial charge in [-0.15, -0.1) is 13.2 Å². The van der Waals surface area contributed by atoms with Crippen molar-refractivity contribution in [2.24, 2.45) is 5.92 Å². The van der Waals surface area contributed by atoms with Crippen LogP contribution in [0.3, 0.4) is 0 Å². The van der Waals surface area contributed by atoms with E-state index in [1.807, 2.05) is 44.0 Å². The zero-order chi connectivity index (χ0) is 74.6. The van der Waals surface area contributed by atoms with E-state index in [2.05, 4.69) is 262 Å². The first-order valence-corrected chi connectivity index (χ1v) is 36.8. The third-order valence-electron chi connectivity index (χ3n) is 16.6. The van der Waals surface area contributed by atoms with Crippen LogP contribution < -0.4 is 25.2 Å². The molecular weight excluding hydrogens is 1760 g/mol. The van der Waals surface area contributed by atoms with Crippen molar-refractivity contribution in [3.05, 3.63) is 241 Å². The van der Waals surface area contributed by atoms with Gasteiger partial charge >= 0.3 is 12.3 Å². The Balaban J connectivity index is 0.000000331. The van der Waals surface area contributed by atoms with Gasteiger partial charge < -0.3 is 25.0 Å². The summed E-state index contributed by atoms with van der Waals surface area (Å²) in [6.07, 6.45) is 4.77. The normalized spacial score (nSPS) is 15.4. The quantitative estimate of drug-likeness (QED) is 0.0822. The minimum absolute atomic E-state index is 0.0335. The molecular formula is C76H92BBr3F4I3N3O6. The summed E-state index contributed by atoms with van der Waals surface area (Å²) in [6.45, 7) is 26.7. The van der Waals surface area contributed by atoms with E-state index < -0.39 is 49.5 Å². The van der Waals surface area contributed by atoms with Crippen molar-refractivity contribution in [3.8, 4) is 28.5 Å². The van der Waals surface area contributed by atoms with E-state index in [1.165, 1.54) is 117 Å². The average Bonchev–Trinajstić information content (AvgIpc) is 1.68. The van der Waals surface area contributed by atoms with Gasteiger partial charge in [0.1, 0.15) is 17.9 Å². The number of ether oxygens (including phenoxy) is 2. The summed E-state index contributed by atoms with van der Waals surface area (Å²) in [4.78, 5) is 24.2. The van der Waals surface area contributed by atoms with E-state index in [9.17, 15) is 32.3 Å². The first kappa shape index (κ1) is 80.5. The third kappa shape index (κ3) is 27.2. The molecule has 1 saturated heterocycles. The molecule has 11 rings (SSSR count). The number of aromatic carboxylic acids is 1. The number of halogens is 10. The molecule has 0 amide bonds. The first-order valence-electron chi connectivity index (χ1n) is 33.1. The zero-order valence-electron chi connectivity index (χ0n) is 60.2. The number of aromatic hydroxyl groups is 1. The van der Waals surface area contributed by atoms with Gasteiger partial charge in [0.25, 0.3) is 0 Å². The van der Waals surface area contributed by atoms with Crippen LogP contribution >= 0.6 is 116 Å². The van der Waals surface area contributed by atoms with Gasteiger partial charge in [0.05, 0.1) is 33.6 Å². The number of phenolic OH excluding ortho intramolecular Hbond substituents is 1. The predicted octanol–water partition coefficient (Wildman–Crippen LogP) is 22.7. The van der Waals surface area contributed by atoms with Gasteiger partial charge in [0.2, 0.25) is 0 Å². The number of pyridine rings is 1. The van der Waals surface area contributed by atoms with Crippen LogP contribution in [0.4, 0.5) is 17.6 Å². The second-order valence-electron chi connectivity index (χ2n) is 23.8. The topological polar surface area (TPSA) is 113 Å². The Hall–Kier alpha value is -4.47. The van der Waals surface area contributed by atoms with Crippen LogP contribution in [0.2, 0.25) is 6.82 Å². The largest absolute Gasteiger partial charge is 0.573 e. The first-order chi connectivity index (χ1) is 46.4. The number of rotatable bonds is 7. The van der Waals surface area contributed by atoms with Crippen LogP contribution in [0.1, 0.15) is 145 Å². The molecule has 3 N–H and O–H groups in total. The number of hydrogen-bond donors (Lipinski definition) is 3. The monoisotopic (exact) mass is 1850 g/mol. The number of carboxylic acids is 1. The number of aromatic nitrogens is 1. The van der Waals surface area contributed by atoms with Crippen molar-refractivity contribution >= 4 is 129 Å². The molecule has 0 bridgehead atoms. The molecule has 0 spiro atoms. The fraction of sp³-hybridized carbons (Fsp3) is 0.368. The molecule has 3 aliphatic rings. The van der Waals surface area contributed by atoms with Gasteiger partial charge in [-0.05, 0) is 335 Å². The van der Waals surface area contributed by atoms with Gasteiger partial charge in [-0.25, -0.2) is 4.79 Å². The van der Waals surface area contributed by atoms with Gasteiger partial charge in [-0.1, -0.05) is 119 Å². The van der Waals surface area contributed by atoms with Crippen LogP contribution in [0.25, 0.3) is 11.3 Å². The van der Waals surface area contributed by atoms with Crippen molar-refractivity contribution in [2.45, 2.75) is 165 Å². The highest BCUT2D eigenvalue weighted by atomic mass is 127. The van der Waals surface area contributed by atoms with Crippen LogP contribution in [-0.4, -0.2) is 63.4 Å². The minimum atomic E-state index is -4.97. The highest BCUT2D eigenvalue weighted by molar-refractivity contribution is 14.1. The van der Waals surface area contributed by atoms with E-state index in [1.54, 1.807) is 35.0 Å². The molecule has 2 fully saturated rings. The average molecular weight is 1850 g/mol. The van der Waals surface area contributed by atoms with Crippen molar-refractivity contribution in [1.29, 1.82) is 2.67 Å². The van der Waals surface area contributed by atoms with Gasteiger partial charge in [0.15, 0.2) is 16.9 Å². The third-order valence-corrected chi connectivity index (χ3v) is 21.2. The second kappa shape index (κ2) is 41.9. The Morgan fingerprint density at radius 2 is 1.23 bits per heavy atom. The number of phenols is 1. The van der Waals surface area contributed by atoms with Gasteiger partial charge in [-0.2, -0.15) is 0 Å². The summed E-state index contributed by atoms with van der Waals surface area (Å²) in [5, 5.41) is 23.9. The summed E-state index contributed by atoms with van der Waals surface area (Å²) in [7, 11) is 0.429. The van der Waals surface area contributed by atoms with Gasteiger partial charge in [0, 0.05) is 48.0 Å². The maximum absolute atomic E-state index is 13.3. The maximum atomic E-state index is 13.3. The number of nitrogens with zero attached hydrogens (tertiary/aromatic N) is 2. The van der Waals surface area contributed by atoms with Crippen LogP contribution in [0.5, 0.6) is 17.2 Å². The molecule has 9 nitrogen and oxygen atoms in total. The molecule has 20 heteroatoms. The van der Waals surface area contributed by atoms with Crippen molar-refractivity contribution in [2.75, 3.05) is 19.2 Å². The number of aryl methyl sites for hydroxylation is 9. The highest BCUT2D eigenvalue weighted by Crippen LogP contribution is 2.51. The lowest BCUT2D eigenvalue weighted by molar-refractivity contribution is -0.275. The standard InChI is InChI=1S/C26H23F3N2O5.C9H19N.C8H8BrI.C8H9Br.2C8H9I.C7H7BrO.CH5B.CH3F/c1-25(2)9-8-19-16-10-22(35-14-15-6-4-3-5-7-15)23(36-26(27,28)29)11-17(16)20-12-21(32)18(24(33)34)13-30(20)31(19)25;1-3-8-6-4-5-7-9(8)10-2;1-5-3-7(9)8(10)4-6(5)2;3*1-6-3-4-8(9)5-7(6)2;1-5-2-3-6(8)4-7(5)9;2*1-2/h3-7,10-13,19H,8-9,14H2,1-2H3,(H,33,34);8-10H,3-7H2,1-2H3;3-4H,1-2H3;3*3-5H,1-2H3;2-4,9H,1H3;2H2,1H3;1H3/t19-;8-,9-;;;;;;;/m10......./s1/i;;;;;;;2D2;1D. The van der Waals surface area contributed by atoms with Crippen molar-refractivity contribution < 1.29 is 43.4 Å². The molecule has 7 aromatic carbocycles. The van der Waals surface area contributed by atoms with Crippen LogP contribution in [0, 0.1) is 78.9 Å². The maximum Gasteiger partial charge on any atom is 0.573 e. The van der Waals surface area contributed by atoms with E-state index in [4.69, 9.17) is 13.9 Å². The lowest BCUT2D eigenvalue weighted by Crippen LogP contribution is -2.50. The lowest BCUT2D eigenvalue weighted by atomic mass is 9.83. The van der Waals surface area contributed by atoms with Crippen molar-refractivity contribution in [1.82, 2.24) is 9.99 Å². The Bertz CT molecular complexity index is 3670. The Morgan fingerprint density at radius 3 is 1.69 bits per heavy atom. The van der Waals surface area contributed by atoms with Crippen LogP contribution in [-0.2, 0) is 6.61 Å². The summed E-state index contributed by atoms with van der Waals surface area (Å²) in [5.74, 6) is -0.690. The number of nitrogens with one attached hydrogen (secondary N) is 1. The molecule has 3 atom stereocenters. The van der Waals surface area contributed by atoms with Crippen molar-refractivity contribution in [3.63, 3.8) is 0 Å². The summed E-state index contributed by atoms with van der Waals surface area (Å²) in [6, 6.07) is 42.5. The minimum Gasteiger partial charge on any atom is -0.508 e. The summed E-state index contributed by atoms with van der Waals surface area (Å²) in [5.41, 5.74) is 12.3. The molecule has 1 saturated carbocycles. The SMILES string of the molecule is CC1(C)CC[C@@H]2c3cc(OCc4ccccc4)c(OC(F)(F)F)cc3-c3cc(=O)c(C(=O)O)cn3N21.CC[C@H]1CCCC[C@@H]1NC.Cc1cc(Br)c(I)cc1C.Cc1ccc(Br)cc1C.Cc1ccc(Br)cc1O.Cc1ccc(I)cc1C.Cc1ccc(I)cc1C.[2H]B([2H])C.[2H]CF. The number of benzene rings is 7. The summed E-state index contributed by atoms with van der Waals surface area (Å²) >= 11 is 17.1. The Morgan fingerprint density at radius 1 is 0.719 bits per heavy atom. The molecule has 1 aliphatic carbocycles. The van der Waals surface area contributed by atoms with E-state index in [0.717, 1.165) is 44.5 Å². The predicted molar refractivity (Wildman–Crippen MR) is 429 cm³/mol. The molecule has 520 valence electrons. The Kier molecular flexibility index (Phi) is 35.2. The Labute approximate surface area is 639 Å². The zero-order valence-corrected chi connectivity index (χ0v) is 68.4. The number of hydrogen-bond acceptors (Lipinski definition) is 7. The summed E-state index contributed by atoms with van der Waals surface area (Å²) < 4.78 is 86.9. The number of carboxylic acid groups (broad SMARTS) is 1. The van der Waals surface area contributed by atoms with E-state index >= 15 is 0 Å². The molecule has 0 unspecified atom stereocenters. The number of carbonyl (C=O) groups is 1. The second-order valence-corrected chi connectivity index (χ2v) is 30.2. The van der Waals surface area contributed by atoms with Crippen LogP contribution in [0.15, 0.2) is 158 Å². The molecule has 2 aliphatic heterocycles. The van der Waals surface area contributed by atoms with E-state index in [0.29, 0.717) is 23.3 Å². The van der Waals surface area contributed by atoms with E-state index in [-0.39, 0.29) is 24.1 Å². The molecule has 96 heavy (non-hydrogen) atoms. The number of alkyl halides is 4. The molecule has 3 heterocycles. The molecule has 0 radical (unpaired) electrons. The smallest absolute Gasteiger partial charge is 0.508 e. The molecule has 1 aromatic heterocycles.